The predicted molar refractivity (Wildman–Crippen MR) is 70.9 cm³/mol. The number of ketones is 2. The van der Waals surface area contributed by atoms with Gasteiger partial charge in [-0.25, -0.2) is 9.59 Å². The maximum Gasteiger partial charge on any atom is 0.331 e. The minimum Gasteiger partial charge on any atom is -0.455 e. The van der Waals surface area contributed by atoms with Crippen LogP contribution >= 0.6 is 0 Å². The van der Waals surface area contributed by atoms with Crippen molar-refractivity contribution in [2.45, 2.75) is 39.5 Å². The number of esters is 2. The van der Waals surface area contributed by atoms with Crippen LogP contribution in [0.1, 0.15) is 39.5 Å². The van der Waals surface area contributed by atoms with Crippen molar-refractivity contribution in [3.8, 4) is 0 Å². The van der Waals surface area contributed by atoms with Gasteiger partial charge in [-0.15, -0.1) is 0 Å². The first-order valence-electron chi connectivity index (χ1n) is 6.54. The molecule has 20 heavy (non-hydrogen) atoms. The fraction of sp³-hybridized carbons (Fsp3) is 0.571. The van der Waals surface area contributed by atoms with Crippen LogP contribution in [0.25, 0.3) is 0 Å². The lowest BCUT2D eigenvalue weighted by atomic mass is 10.2. The van der Waals surface area contributed by atoms with Crippen LogP contribution in [0.2, 0.25) is 0 Å². The summed E-state index contributed by atoms with van der Waals surface area (Å²) < 4.78 is 9.24. The van der Waals surface area contributed by atoms with Crippen molar-refractivity contribution < 1.29 is 28.7 Å². The molecule has 0 aromatic carbocycles. The minimum absolute atomic E-state index is 0.179. The third-order valence-electron chi connectivity index (χ3n) is 2.16. The van der Waals surface area contributed by atoms with Crippen LogP contribution in [-0.2, 0) is 28.7 Å². The summed E-state index contributed by atoms with van der Waals surface area (Å²) in [6.07, 6.45) is 3.80. The Bertz CT molecular complexity index is 347. The Morgan fingerprint density at radius 3 is 1.40 bits per heavy atom. The second-order valence-corrected chi connectivity index (χ2v) is 4.13. The summed E-state index contributed by atoms with van der Waals surface area (Å²) in [5, 5.41) is 0. The van der Waals surface area contributed by atoms with Crippen LogP contribution in [0.3, 0.4) is 0 Å². The van der Waals surface area contributed by atoms with Crippen molar-refractivity contribution in [3.63, 3.8) is 0 Å². The maximum absolute atomic E-state index is 11.2. The summed E-state index contributed by atoms with van der Waals surface area (Å²) in [4.78, 5) is 44.5. The van der Waals surface area contributed by atoms with E-state index in [0.29, 0.717) is 25.7 Å². The van der Waals surface area contributed by atoms with E-state index in [1.807, 2.05) is 13.8 Å². The van der Waals surface area contributed by atoms with Crippen molar-refractivity contribution in [1.29, 1.82) is 0 Å². The Morgan fingerprint density at radius 2 is 1.10 bits per heavy atom. The Morgan fingerprint density at radius 1 is 0.750 bits per heavy atom. The van der Waals surface area contributed by atoms with Gasteiger partial charge in [-0.2, -0.15) is 0 Å². The molecule has 0 radical (unpaired) electrons. The molecule has 0 fully saturated rings. The molecule has 0 aromatic rings. The van der Waals surface area contributed by atoms with Gasteiger partial charge in [0.2, 0.25) is 0 Å². The molecule has 0 atom stereocenters. The Labute approximate surface area is 118 Å². The second-order valence-electron chi connectivity index (χ2n) is 4.13. The van der Waals surface area contributed by atoms with E-state index in [-0.39, 0.29) is 24.8 Å². The zero-order chi connectivity index (χ0) is 15.4. The summed E-state index contributed by atoms with van der Waals surface area (Å²) in [7, 11) is 0. The molecule has 0 aliphatic rings. The molecule has 0 rings (SSSR count). The van der Waals surface area contributed by atoms with Gasteiger partial charge in [0.25, 0.3) is 0 Å². The van der Waals surface area contributed by atoms with Crippen molar-refractivity contribution >= 4 is 23.5 Å². The molecule has 0 spiro atoms. The standard InChI is InChI=1S/C14H20O6/c1-3-5-11(15)9-19-13(17)7-8-14(18)20-10-12(16)6-4-2/h7-8H,3-6,9-10H2,1-2H3/b8-7+. The van der Waals surface area contributed by atoms with Crippen molar-refractivity contribution in [2.24, 2.45) is 0 Å². The van der Waals surface area contributed by atoms with E-state index in [1.54, 1.807) is 0 Å². The normalized spacial score (nSPS) is 10.3. The largest absolute Gasteiger partial charge is 0.455 e. The second kappa shape index (κ2) is 10.9. The zero-order valence-electron chi connectivity index (χ0n) is 11.8. The van der Waals surface area contributed by atoms with Gasteiger partial charge >= 0.3 is 11.9 Å². The van der Waals surface area contributed by atoms with Crippen LogP contribution in [0.15, 0.2) is 12.2 Å². The molecular weight excluding hydrogens is 264 g/mol. The molecule has 0 aliphatic heterocycles. The fourth-order valence-electron chi connectivity index (χ4n) is 1.24. The highest BCUT2D eigenvalue weighted by Crippen LogP contribution is 1.93. The third-order valence-corrected chi connectivity index (χ3v) is 2.16. The van der Waals surface area contributed by atoms with Gasteiger partial charge in [-0.1, -0.05) is 13.8 Å². The number of carbonyl (C=O) groups excluding carboxylic acids is 4. The Hall–Kier alpha value is -1.98. The van der Waals surface area contributed by atoms with Gasteiger partial charge in [0.15, 0.2) is 11.6 Å². The number of ether oxygens (including phenoxy) is 2. The van der Waals surface area contributed by atoms with Crippen molar-refractivity contribution in [1.82, 2.24) is 0 Å². The molecule has 0 saturated carbocycles. The van der Waals surface area contributed by atoms with Crippen molar-refractivity contribution in [2.75, 3.05) is 13.2 Å². The van der Waals surface area contributed by atoms with Crippen LogP contribution in [0.5, 0.6) is 0 Å². The minimum atomic E-state index is -0.800. The summed E-state index contributed by atoms with van der Waals surface area (Å²) in [5.41, 5.74) is 0. The summed E-state index contributed by atoms with van der Waals surface area (Å²) >= 11 is 0. The quantitative estimate of drug-likeness (QED) is 0.445. The first-order valence-corrected chi connectivity index (χ1v) is 6.54. The van der Waals surface area contributed by atoms with E-state index in [0.717, 1.165) is 12.2 Å². The van der Waals surface area contributed by atoms with Gasteiger partial charge in [0, 0.05) is 25.0 Å². The van der Waals surface area contributed by atoms with Gasteiger partial charge in [-0.05, 0) is 12.8 Å². The SMILES string of the molecule is CCCC(=O)COC(=O)/C=C/C(=O)OCC(=O)CCC. The highest BCUT2D eigenvalue weighted by atomic mass is 16.5. The molecule has 0 bridgehead atoms. The molecule has 6 nitrogen and oxygen atoms in total. The van der Waals surface area contributed by atoms with Crippen molar-refractivity contribution in [3.05, 3.63) is 12.2 Å². The van der Waals surface area contributed by atoms with Crippen LogP contribution in [0.4, 0.5) is 0 Å². The van der Waals surface area contributed by atoms with Crippen LogP contribution in [0, 0.1) is 0 Å². The molecule has 6 heteroatoms. The van der Waals surface area contributed by atoms with Crippen LogP contribution < -0.4 is 0 Å². The average Bonchev–Trinajstić information content (AvgIpc) is 2.41. The zero-order valence-corrected chi connectivity index (χ0v) is 11.8. The molecule has 0 aromatic heterocycles. The maximum atomic E-state index is 11.2. The van der Waals surface area contributed by atoms with E-state index in [9.17, 15) is 19.2 Å². The Kier molecular flexibility index (Phi) is 9.82. The van der Waals surface area contributed by atoms with Crippen LogP contribution in [-0.4, -0.2) is 36.7 Å². The van der Waals surface area contributed by atoms with E-state index < -0.39 is 11.9 Å². The summed E-state index contributed by atoms with van der Waals surface area (Å²) in [5.74, 6) is -1.96. The molecule has 112 valence electrons. The molecular formula is C14H20O6. The number of hydrogen-bond donors (Lipinski definition) is 0. The number of hydrogen-bond acceptors (Lipinski definition) is 6. The van der Waals surface area contributed by atoms with Gasteiger partial charge in [0.1, 0.15) is 13.2 Å². The smallest absolute Gasteiger partial charge is 0.331 e. The first-order chi connectivity index (χ1) is 9.49. The Balaban J connectivity index is 3.91. The summed E-state index contributed by atoms with van der Waals surface area (Å²) in [6, 6.07) is 0. The third kappa shape index (κ3) is 9.99. The van der Waals surface area contributed by atoms with Gasteiger partial charge in [0.05, 0.1) is 0 Å². The fourth-order valence-corrected chi connectivity index (χ4v) is 1.24. The average molecular weight is 284 g/mol. The van der Waals surface area contributed by atoms with Gasteiger partial charge in [-0.3, -0.25) is 9.59 Å². The topological polar surface area (TPSA) is 86.7 Å². The highest BCUT2D eigenvalue weighted by molar-refractivity contribution is 5.93. The number of carbonyl (C=O) groups is 4. The lowest BCUT2D eigenvalue weighted by Gasteiger charge is -2.01. The van der Waals surface area contributed by atoms with E-state index in [1.165, 1.54) is 0 Å². The first kappa shape index (κ1) is 18.0. The summed E-state index contributed by atoms with van der Waals surface area (Å²) in [6.45, 7) is 3.08. The molecule has 0 saturated heterocycles. The van der Waals surface area contributed by atoms with E-state index in [4.69, 9.17) is 0 Å². The number of Topliss-reactive ketones (excluding diaryl/α,β-unsaturated/α-hetero) is 2. The molecule has 0 unspecified atom stereocenters. The lowest BCUT2D eigenvalue weighted by molar-refractivity contribution is -0.144. The molecule has 0 N–H and O–H groups in total. The van der Waals surface area contributed by atoms with Gasteiger partial charge < -0.3 is 9.47 Å². The predicted octanol–water partition coefficient (Wildman–Crippen LogP) is 1.37. The molecule has 0 heterocycles. The monoisotopic (exact) mass is 284 g/mol. The molecule has 0 amide bonds. The van der Waals surface area contributed by atoms with E-state index >= 15 is 0 Å². The van der Waals surface area contributed by atoms with E-state index in [2.05, 4.69) is 9.47 Å². The number of rotatable bonds is 10. The molecule has 0 aliphatic carbocycles. The lowest BCUT2D eigenvalue weighted by Crippen LogP contribution is -2.13. The highest BCUT2D eigenvalue weighted by Gasteiger charge is 2.06.